The first kappa shape index (κ1) is 8.11. The monoisotopic (exact) mass is 155 g/mol. The molecule has 0 spiro atoms. The highest BCUT2D eigenvalue weighted by Crippen LogP contribution is 2.33. The highest BCUT2D eigenvalue weighted by Gasteiger charge is 2.27. The summed E-state index contributed by atoms with van der Waals surface area (Å²) in [5.74, 6) is -0.632. The molecule has 0 aliphatic heterocycles. The average molecular weight is 155 g/mol. The van der Waals surface area contributed by atoms with E-state index in [-0.39, 0.29) is 5.92 Å². The van der Waals surface area contributed by atoms with E-state index in [1.54, 1.807) is 6.92 Å². The van der Waals surface area contributed by atoms with Crippen molar-refractivity contribution in [2.24, 2.45) is 11.7 Å². The molecular weight excluding hydrogens is 142 g/mol. The van der Waals surface area contributed by atoms with Crippen molar-refractivity contribution in [3.05, 3.63) is 11.3 Å². The van der Waals surface area contributed by atoms with Gasteiger partial charge < -0.3 is 10.8 Å². The van der Waals surface area contributed by atoms with Gasteiger partial charge in [-0.05, 0) is 25.7 Å². The maximum Gasteiger partial charge on any atom is 0.333 e. The minimum absolute atomic E-state index is 0.220. The van der Waals surface area contributed by atoms with Gasteiger partial charge in [0.15, 0.2) is 0 Å². The molecule has 0 aromatic carbocycles. The van der Waals surface area contributed by atoms with Crippen molar-refractivity contribution in [3.63, 3.8) is 0 Å². The summed E-state index contributed by atoms with van der Waals surface area (Å²) >= 11 is 0. The molecule has 1 saturated carbocycles. The van der Waals surface area contributed by atoms with E-state index in [0.29, 0.717) is 11.3 Å². The fraction of sp³-hybridized carbons (Fsp3) is 0.625. The molecule has 0 bridgehead atoms. The second-order valence-electron chi connectivity index (χ2n) is 3.03. The van der Waals surface area contributed by atoms with Crippen LogP contribution < -0.4 is 5.73 Å². The van der Waals surface area contributed by atoms with E-state index in [1.807, 2.05) is 0 Å². The molecular formula is C8H13NO2. The van der Waals surface area contributed by atoms with Gasteiger partial charge in [0, 0.05) is 5.70 Å². The zero-order valence-corrected chi connectivity index (χ0v) is 6.63. The van der Waals surface area contributed by atoms with Crippen molar-refractivity contribution in [3.8, 4) is 0 Å². The third-order valence-electron chi connectivity index (χ3n) is 2.17. The zero-order chi connectivity index (χ0) is 8.43. The summed E-state index contributed by atoms with van der Waals surface area (Å²) in [7, 11) is 0. The minimum atomic E-state index is -0.852. The van der Waals surface area contributed by atoms with Crippen LogP contribution in [0.25, 0.3) is 0 Å². The van der Waals surface area contributed by atoms with Crippen LogP contribution in [0.15, 0.2) is 11.3 Å². The maximum absolute atomic E-state index is 10.6. The van der Waals surface area contributed by atoms with E-state index >= 15 is 0 Å². The van der Waals surface area contributed by atoms with E-state index in [4.69, 9.17) is 10.8 Å². The SMILES string of the molecule is CC(N)=C(C(=O)O)C1CCC1. The van der Waals surface area contributed by atoms with Crippen LogP contribution in [-0.4, -0.2) is 11.1 Å². The van der Waals surface area contributed by atoms with Crippen molar-refractivity contribution >= 4 is 5.97 Å². The molecule has 1 aliphatic rings. The number of carbonyl (C=O) groups is 1. The molecule has 62 valence electrons. The van der Waals surface area contributed by atoms with Gasteiger partial charge in [0.05, 0.1) is 5.57 Å². The van der Waals surface area contributed by atoms with Gasteiger partial charge in [-0.1, -0.05) is 6.42 Å². The zero-order valence-electron chi connectivity index (χ0n) is 6.63. The van der Waals surface area contributed by atoms with Crippen LogP contribution in [0, 0.1) is 5.92 Å². The van der Waals surface area contributed by atoms with Crippen molar-refractivity contribution in [2.45, 2.75) is 26.2 Å². The van der Waals surface area contributed by atoms with Crippen LogP contribution in [0.4, 0.5) is 0 Å². The summed E-state index contributed by atoms with van der Waals surface area (Å²) < 4.78 is 0. The number of rotatable bonds is 2. The summed E-state index contributed by atoms with van der Waals surface area (Å²) in [5, 5.41) is 8.74. The van der Waals surface area contributed by atoms with Gasteiger partial charge in [-0.2, -0.15) is 0 Å². The third-order valence-corrected chi connectivity index (χ3v) is 2.17. The standard InChI is InChI=1S/C8H13NO2/c1-5(9)7(8(10)11)6-3-2-4-6/h6H,2-4,9H2,1H3,(H,10,11). The lowest BCUT2D eigenvalue weighted by Crippen LogP contribution is -2.22. The molecule has 1 aliphatic carbocycles. The number of nitrogens with two attached hydrogens (primary N) is 1. The Kier molecular flexibility index (Phi) is 2.17. The molecule has 11 heavy (non-hydrogen) atoms. The number of carboxylic acid groups (broad SMARTS) is 1. The molecule has 0 saturated heterocycles. The number of hydrogen-bond donors (Lipinski definition) is 2. The van der Waals surface area contributed by atoms with E-state index in [0.717, 1.165) is 19.3 Å². The van der Waals surface area contributed by atoms with Gasteiger partial charge in [0.1, 0.15) is 0 Å². The van der Waals surface area contributed by atoms with Crippen molar-refractivity contribution in [1.82, 2.24) is 0 Å². The summed E-state index contributed by atoms with van der Waals surface area (Å²) in [6, 6.07) is 0. The van der Waals surface area contributed by atoms with E-state index < -0.39 is 5.97 Å². The van der Waals surface area contributed by atoms with Gasteiger partial charge in [-0.3, -0.25) is 0 Å². The molecule has 1 fully saturated rings. The Morgan fingerprint density at radius 3 is 2.18 bits per heavy atom. The van der Waals surface area contributed by atoms with Gasteiger partial charge >= 0.3 is 5.97 Å². The van der Waals surface area contributed by atoms with Crippen molar-refractivity contribution in [2.75, 3.05) is 0 Å². The highest BCUT2D eigenvalue weighted by molar-refractivity contribution is 5.88. The van der Waals surface area contributed by atoms with Gasteiger partial charge in [-0.25, -0.2) is 4.79 Å². The van der Waals surface area contributed by atoms with Crippen LogP contribution in [0.1, 0.15) is 26.2 Å². The Hall–Kier alpha value is -0.990. The maximum atomic E-state index is 10.6. The quantitative estimate of drug-likeness (QED) is 0.587. The Morgan fingerprint density at radius 1 is 1.55 bits per heavy atom. The first-order valence-corrected chi connectivity index (χ1v) is 3.82. The third kappa shape index (κ3) is 1.53. The first-order valence-electron chi connectivity index (χ1n) is 3.82. The molecule has 0 amide bonds. The van der Waals surface area contributed by atoms with E-state index in [9.17, 15) is 4.79 Å². The average Bonchev–Trinajstić information content (AvgIpc) is 1.75. The van der Waals surface area contributed by atoms with Crippen LogP contribution in [0.2, 0.25) is 0 Å². The Labute approximate surface area is 65.9 Å². The summed E-state index contributed by atoms with van der Waals surface area (Å²) in [6.45, 7) is 1.65. The van der Waals surface area contributed by atoms with E-state index in [2.05, 4.69) is 0 Å². The summed E-state index contributed by atoms with van der Waals surface area (Å²) in [6.07, 6.45) is 3.10. The Morgan fingerprint density at radius 2 is 2.09 bits per heavy atom. The Balaban J connectivity index is 2.75. The van der Waals surface area contributed by atoms with Crippen LogP contribution in [0.5, 0.6) is 0 Å². The largest absolute Gasteiger partial charge is 0.478 e. The molecule has 3 nitrogen and oxygen atoms in total. The predicted molar refractivity (Wildman–Crippen MR) is 41.9 cm³/mol. The Bertz CT molecular complexity index is 200. The van der Waals surface area contributed by atoms with Gasteiger partial charge in [0.2, 0.25) is 0 Å². The molecule has 0 aromatic rings. The highest BCUT2D eigenvalue weighted by atomic mass is 16.4. The minimum Gasteiger partial charge on any atom is -0.478 e. The van der Waals surface area contributed by atoms with Crippen LogP contribution >= 0.6 is 0 Å². The molecule has 3 heteroatoms. The number of hydrogen-bond acceptors (Lipinski definition) is 2. The lowest BCUT2D eigenvalue weighted by Gasteiger charge is -2.26. The number of carboxylic acids is 1. The molecule has 0 radical (unpaired) electrons. The van der Waals surface area contributed by atoms with Crippen molar-refractivity contribution in [1.29, 1.82) is 0 Å². The summed E-state index contributed by atoms with van der Waals surface area (Å²) in [5.41, 5.74) is 6.33. The lowest BCUT2D eigenvalue weighted by molar-refractivity contribution is -0.133. The van der Waals surface area contributed by atoms with Crippen LogP contribution in [-0.2, 0) is 4.79 Å². The molecule has 3 N–H and O–H groups in total. The molecule has 0 unspecified atom stereocenters. The first-order chi connectivity index (χ1) is 5.13. The van der Waals surface area contributed by atoms with Crippen molar-refractivity contribution < 1.29 is 9.90 Å². The number of aliphatic carboxylic acids is 1. The second kappa shape index (κ2) is 2.95. The molecule has 0 heterocycles. The van der Waals surface area contributed by atoms with Gasteiger partial charge in [-0.15, -0.1) is 0 Å². The number of allylic oxidation sites excluding steroid dienone is 1. The fourth-order valence-electron chi connectivity index (χ4n) is 1.36. The smallest absolute Gasteiger partial charge is 0.333 e. The lowest BCUT2D eigenvalue weighted by atomic mass is 9.79. The normalized spacial score (nSPS) is 20.5. The molecule has 0 atom stereocenters. The van der Waals surface area contributed by atoms with E-state index in [1.165, 1.54) is 0 Å². The topological polar surface area (TPSA) is 63.3 Å². The van der Waals surface area contributed by atoms with Crippen LogP contribution in [0.3, 0.4) is 0 Å². The molecule has 0 aromatic heterocycles. The predicted octanol–water partition coefficient (Wildman–Crippen LogP) is 1.10. The fourth-order valence-corrected chi connectivity index (χ4v) is 1.36. The van der Waals surface area contributed by atoms with Gasteiger partial charge in [0.25, 0.3) is 0 Å². The molecule has 1 rings (SSSR count). The summed E-state index contributed by atoms with van der Waals surface area (Å²) in [4.78, 5) is 10.6. The second-order valence-corrected chi connectivity index (χ2v) is 3.03.